The molecule has 0 bridgehead atoms. The Hall–Kier alpha value is -1.11. The van der Waals surface area contributed by atoms with Crippen molar-refractivity contribution in [2.75, 3.05) is 18.4 Å². The van der Waals surface area contributed by atoms with E-state index in [0.29, 0.717) is 19.5 Å². The average molecular weight is 392 g/mol. The molecule has 1 fully saturated rings. The van der Waals surface area contributed by atoms with Crippen molar-refractivity contribution in [2.24, 2.45) is 5.92 Å². The molecule has 122 valence electrons. The van der Waals surface area contributed by atoms with Crippen molar-refractivity contribution in [1.29, 1.82) is 0 Å². The van der Waals surface area contributed by atoms with Gasteiger partial charge >= 0.3 is 5.97 Å². The van der Waals surface area contributed by atoms with Crippen LogP contribution < -0.4 is 5.32 Å². The lowest BCUT2D eigenvalue weighted by Crippen LogP contribution is -2.41. The Morgan fingerprint density at radius 3 is 2.68 bits per heavy atom. The van der Waals surface area contributed by atoms with Gasteiger partial charge in [0.05, 0.1) is 17.6 Å². The molecule has 0 spiro atoms. The number of carbonyl (C=O) groups excluding carboxylic acids is 1. The number of aliphatic carboxylic acids is 1. The van der Waals surface area contributed by atoms with Gasteiger partial charge in [-0.05, 0) is 60.4 Å². The molecule has 0 aliphatic carbocycles. The maximum Gasteiger partial charge on any atom is 0.307 e. The molecule has 2 N–H and O–H groups in total. The third-order valence-corrected chi connectivity index (χ3v) is 4.53. The average Bonchev–Trinajstić information content (AvgIpc) is 2.90. The summed E-state index contributed by atoms with van der Waals surface area (Å²) in [5.74, 6) is -1.27. The first-order valence-electron chi connectivity index (χ1n) is 6.92. The maximum atomic E-state index is 12.3. The lowest BCUT2D eigenvalue weighted by atomic mass is 10.1. The predicted octanol–water partition coefficient (Wildman–Crippen LogP) is 2.91. The third kappa shape index (κ3) is 4.44. The quantitative estimate of drug-likeness (QED) is 0.828. The van der Waals surface area contributed by atoms with Crippen molar-refractivity contribution < 1.29 is 14.7 Å². The summed E-state index contributed by atoms with van der Waals surface area (Å²) < 4.78 is 0.841. The molecule has 0 saturated carbocycles. The Morgan fingerprint density at radius 2 is 2.14 bits per heavy atom. The minimum Gasteiger partial charge on any atom is -0.481 e. The molecule has 1 saturated heterocycles. The highest BCUT2D eigenvalue weighted by Gasteiger charge is 2.33. The molecule has 22 heavy (non-hydrogen) atoms. The number of hydrogen-bond acceptors (Lipinski definition) is 3. The van der Waals surface area contributed by atoms with Crippen LogP contribution in [0.4, 0.5) is 5.69 Å². The molecule has 1 aromatic carbocycles. The summed E-state index contributed by atoms with van der Waals surface area (Å²) in [5.41, 5.74) is 1.84. The second-order valence-electron chi connectivity index (χ2n) is 5.47. The molecular formula is C15H20BrClN2O3. The van der Waals surface area contributed by atoms with E-state index in [2.05, 4.69) is 21.2 Å². The van der Waals surface area contributed by atoms with Gasteiger partial charge < -0.3 is 10.4 Å². The number of likely N-dealkylation sites (tertiary alicyclic amines) is 1. The first kappa shape index (κ1) is 18.9. The van der Waals surface area contributed by atoms with Gasteiger partial charge in [0.25, 0.3) is 0 Å². The van der Waals surface area contributed by atoms with Crippen molar-refractivity contribution in [3.63, 3.8) is 0 Å². The number of benzene rings is 1. The van der Waals surface area contributed by atoms with Crippen molar-refractivity contribution in [1.82, 2.24) is 4.90 Å². The van der Waals surface area contributed by atoms with Crippen LogP contribution in [0.25, 0.3) is 0 Å². The van der Waals surface area contributed by atoms with Crippen LogP contribution in [0, 0.1) is 12.8 Å². The Labute approximate surface area is 144 Å². The Kier molecular flexibility index (Phi) is 6.84. The highest BCUT2D eigenvalue weighted by molar-refractivity contribution is 9.10. The Morgan fingerprint density at radius 1 is 1.45 bits per heavy atom. The van der Waals surface area contributed by atoms with Gasteiger partial charge in [0, 0.05) is 11.0 Å². The van der Waals surface area contributed by atoms with Crippen LogP contribution in [0.1, 0.15) is 18.9 Å². The zero-order valence-corrected chi connectivity index (χ0v) is 14.9. The molecule has 1 heterocycles. The molecule has 7 heteroatoms. The van der Waals surface area contributed by atoms with E-state index in [1.54, 1.807) is 0 Å². The van der Waals surface area contributed by atoms with Crippen molar-refractivity contribution in [3.8, 4) is 0 Å². The lowest BCUT2D eigenvalue weighted by molar-refractivity contribution is -0.141. The molecule has 1 aliphatic heterocycles. The number of carboxylic acids is 1. The van der Waals surface area contributed by atoms with Crippen molar-refractivity contribution >= 4 is 45.9 Å². The van der Waals surface area contributed by atoms with Crippen LogP contribution in [-0.4, -0.2) is 41.0 Å². The first-order chi connectivity index (χ1) is 9.88. The van der Waals surface area contributed by atoms with E-state index in [-0.39, 0.29) is 30.3 Å². The molecule has 1 aromatic rings. The summed E-state index contributed by atoms with van der Waals surface area (Å²) in [5, 5.41) is 11.9. The second kappa shape index (κ2) is 7.94. The molecule has 0 radical (unpaired) electrons. The van der Waals surface area contributed by atoms with Gasteiger partial charge in [-0.15, -0.1) is 12.4 Å². The van der Waals surface area contributed by atoms with Crippen molar-refractivity contribution in [2.45, 2.75) is 26.3 Å². The summed E-state index contributed by atoms with van der Waals surface area (Å²) in [4.78, 5) is 25.2. The minimum absolute atomic E-state index is 0. The van der Waals surface area contributed by atoms with Crippen LogP contribution in [0.3, 0.4) is 0 Å². The number of anilines is 1. The van der Waals surface area contributed by atoms with E-state index >= 15 is 0 Å². The van der Waals surface area contributed by atoms with E-state index in [1.165, 1.54) is 0 Å². The topological polar surface area (TPSA) is 69.6 Å². The molecule has 2 rings (SSSR count). The minimum atomic E-state index is -0.786. The maximum absolute atomic E-state index is 12.3. The molecule has 1 amide bonds. The number of amides is 1. The molecule has 2 atom stereocenters. The van der Waals surface area contributed by atoms with Crippen LogP contribution in [0.5, 0.6) is 0 Å². The van der Waals surface area contributed by atoms with Gasteiger partial charge in [-0.3, -0.25) is 14.5 Å². The van der Waals surface area contributed by atoms with E-state index in [9.17, 15) is 9.59 Å². The first-order valence-corrected chi connectivity index (χ1v) is 7.71. The number of carboxylic acid groups (broad SMARTS) is 1. The van der Waals surface area contributed by atoms with Gasteiger partial charge in [0.15, 0.2) is 0 Å². The fourth-order valence-corrected chi connectivity index (χ4v) is 3.06. The zero-order valence-electron chi connectivity index (χ0n) is 12.5. The van der Waals surface area contributed by atoms with E-state index in [0.717, 1.165) is 15.7 Å². The normalized spacial score (nSPS) is 19.3. The Balaban J connectivity index is 0.00000242. The highest BCUT2D eigenvalue weighted by Crippen LogP contribution is 2.24. The smallest absolute Gasteiger partial charge is 0.307 e. The third-order valence-electron chi connectivity index (χ3n) is 3.88. The lowest BCUT2D eigenvalue weighted by Gasteiger charge is -2.23. The van der Waals surface area contributed by atoms with E-state index in [1.807, 2.05) is 36.9 Å². The SMILES string of the molecule is Cc1ccc(NC(=O)C(C)N2CCC(C(=O)O)C2)c(Br)c1.Cl. The van der Waals surface area contributed by atoms with Crippen molar-refractivity contribution in [3.05, 3.63) is 28.2 Å². The van der Waals surface area contributed by atoms with Crippen LogP contribution in [0.2, 0.25) is 0 Å². The molecule has 5 nitrogen and oxygen atoms in total. The number of nitrogens with zero attached hydrogens (tertiary/aromatic N) is 1. The number of halogens is 2. The van der Waals surface area contributed by atoms with Gasteiger partial charge in [0.1, 0.15) is 0 Å². The van der Waals surface area contributed by atoms with Crippen LogP contribution >= 0.6 is 28.3 Å². The summed E-state index contributed by atoms with van der Waals surface area (Å²) in [7, 11) is 0. The monoisotopic (exact) mass is 390 g/mol. The number of nitrogens with one attached hydrogen (secondary N) is 1. The molecule has 2 unspecified atom stereocenters. The largest absolute Gasteiger partial charge is 0.481 e. The number of aryl methyl sites for hydroxylation is 1. The Bertz CT molecular complexity index is 568. The number of hydrogen-bond donors (Lipinski definition) is 2. The predicted molar refractivity (Wildman–Crippen MR) is 91.5 cm³/mol. The second-order valence-corrected chi connectivity index (χ2v) is 6.32. The van der Waals surface area contributed by atoms with Gasteiger partial charge in [-0.2, -0.15) is 0 Å². The summed E-state index contributed by atoms with van der Waals surface area (Å²) in [6.07, 6.45) is 0.598. The van der Waals surface area contributed by atoms with Gasteiger partial charge in [-0.25, -0.2) is 0 Å². The van der Waals surface area contributed by atoms with Gasteiger partial charge in [-0.1, -0.05) is 6.07 Å². The summed E-state index contributed by atoms with van der Waals surface area (Å²) in [6.45, 7) is 4.86. The van der Waals surface area contributed by atoms with Crippen LogP contribution in [-0.2, 0) is 9.59 Å². The van der Waals surface area contributed by atoms with E-state index in [4.69, 9.17) is 5.11 Å². The van der Waals surface area contributed by atoms with E-state index < -0.39 is 5.97 Å². The van der Waals surface area contributed by atoms with Crippen LogP contribution in [0.15, 0.2) is 22.7 Å². The summed E-state index contributed by atoms with van der Waals surface area (Å²) >= 11 is 3.43. The standard InChI is InChI=1S/C15H19BrN2O3.ClH/c1-9-3-4-13(12(16)7-9)17-14(19)10(2)18-6-5-11(8-18)15(20)21;/h3-4,7,10-11H,5-6,8H2,1-2H3,(H,17,19)(H,20,21);1H. The van der Waals surface area contributed by atoms with Gasteiger partial charge in [0.2, 0.25) is 5.91 Å². The number of rotatable bonds is 4. The fourth-order valence-electron chi connectivity index (χ4n) is 2.47. The molecule has 0 aromatic heterocycles. The molecular weight excluding hydrogens is 372 g/mol. The number of carbonyl (C=O) groups is 2. The fraction of sp³-hybridized carbons (Fsp3) is 0.467. The zero-order chi connectivity index (χ0) is 15.6. The molecule has 1 aliphatic rings. The summed E-state index contributed by atoms with van der Waals surface area (Å²) in [6, 6.07) is 5.38. The highest BCUT2D eigenvalue weighted by atomic mass is 79.9.